The zero-order chi connectivity index (χ0) is 15.7. The van der Waals surface area contributed by atoms with E-state index in [1.165, 1.54) is 17.0 Å². The number of benzene rings is 1. The van der Waals surface area contributed by atoms with Gasteiger partial charge in [-0.2, -0.15) is 0 Å². The van der Waals surface area contributed by atoms with Gasteiger partial charge in [0.2, 0.25) is 0 Å². The van der Waals surface area contributed by atoms with E-state index < -0.39 is 6.09 Å². The van der Waals surface area contributed by atoms with Crippen molar-refractivity contribution in [3.05, 3.63) is 35.8 Å². The number of aliphatic hydroxyl groups excluding tert-OH is 1. The Bertz CT molecular complexity index is 698. The lowest BCUT2D eigenvalue weighted by molar-refractivity contribution is 0.140. The van der Waals surface area contributed by atoms with E-state index in [1.54, 1.807) is 6.07 Å². The minimum Gasteiger partial charge on any atom is -0.465 e. The van der Waals surface area contributed by atoms with E-state index in [4.69, 9.17) is 5.11 Å². The van der Waals surface area contributed by atoms with Crippen LogP contribution >= 0.6 is 0 Å². The highest BCUT2D eigenvalue weighted by Gasteiger charge is 2.29. The van der Waals surface area contributed by atoms with Crippen LogP contribution in [0.5, 0.6) is 0 Å². The Labute approximate surface area is 127 Å². The molecule has 0 radical (unpaired) electrons. The summed E-state index contributed by atoms with van der Waals surface area (Å²) in [7, 11) is 0. The molecule has 2 N–H and O–H groups in total. The average Bonchev–Trinajstić information content (AvgIpc) is 3.06. The molecule has 1 aromatic heterocycles. The molecule has 6 heteroatoms. The maximum atomic E-state index is 13.5. The third-order valence-electron chi connectivity index (χ3n) is 4.35. The van der Waals surface area contributed by atoms with Crippen LogP contribution in [0.4, 0.5) is 9.18 Å². The highest BCUT2D eigenvalue weighted by molar-refractivity contribution is 5.84. The molecule has 1 atom stereocenters. The second-order valence-electron chi connectivity index (χ2n) is 5.71. The zero-order valence-corrected chi connectivity index (χ0v) is 12.2. The molecular weight excluding hydrogens is 287 g/mol. The van der Waals surface area contributed by atoms with Gasteiger partial charge in [-0.1, -0.05) is 0 Å². The number of aliphatic hydroxyl groups is 1. The van der Waals surface area contributed by atoms with Gasteiger partial charge in [-0.3, -0.25) is 0 Å². The van der Waals surface area contributed by atoms with Crippen molar-refractivity contribution in [1.29, 1.82) is 0 Å². The van der Waals surface area contributed by atoms with Crippen LogP contribution in [0.2, 0.25) is 0 Å². The normalized spacial score (nSPS) is 18.3. The van der Waals surface area contributed by atoms with Crippen molar-refractivity contribution in [3.8, 4) is 0 Å². The van der Waals surface area contributed by atoms with Crippen LogP contribution in [-0.4, -0.2) is 45.0 Å². The van der Waals surface area contributed by atoms with Gasteiger partial charge in [0, 0.05) is 30.7 Å². The smallest absolute Gasteiger partial charge is 0.407 e. The van der Waals surface area contributed by atoms with Crippen molar-refractivity contribution in [1.82, 2.24) is 9.47 Å². The number of rotatable bonds is 4. The highest BCUT2D eigenvalue weighted by Crippen LogP contribution is 2.27. The van der Waals surface area contributed by atoms with Crippen LogP contribution in [0.15, 0.2) is 24.4 Å². The summed E-state index contributed by atoms with van der Waals surface area (Å²) in [5, 5.41) is 19.3. The Morgan fingerprint density at radius 2 is 2.23 bits per heavy atom. The highest BCUT2D eigenvalue weighted by atomic mass is 19.1. The van der Waals surface area contributed by atoms with Crippen molar-refractivity contribution in [2.75, 3.05) is 13.2 Å². The van der Waals surface area contributed by atoms with Crippen molar-refractivity contribution < 1.29 is 19.4 Å². The predicted molar refractivity (Wildman–Crippen MR) is 80.4 cm³/mol. The maximum Gasteiger partial charge on any atom is 0.407 e. The predicted octanol–water partition coefficient (Wildman–Crippen LogP) is 2.46. The van der Waals surface area contributed by atoms with Crippen LogP contribution in [-0.2, 0) is 13.0 Å². The number of carbonyl (C=O) groups is 1. The Kier molecular flexibility index (Phi) is 4.02. The van der Waals surface area contributed by atoms with Crippen molar-refractivity contribution >= 4 is 17.0 Å². The molecule has 118 valence electrons. The van der Waals surface area contributed by atoms with E-state index >= 15 is 0 Å². The molecule has 1 amide bonds. The Morgan fingerprint density at radius 1 is 1.41 bits per heavy atom. The molecule has 0 aliphatic carbocycles. The number of amides is 1. The van der Waals surface area contributed by atoms with Crippen LogP contribution in [0, 0.1) is 5.82 Å². The number of likely N-dealkylation sites (tertiary alicyclic amines) is 1. The summed E-state index contributed by atoms with van der Waals surface area (Å²) in [6.07, 6.45) is 3.36. The first-order valence-electron chi connectivity index (χ1n) is 7.48. The molecule has 1 aliphatic heterocycles. The van der Waals surface area contributed by atoms with Gasteiger partial charge in [-0.25, -0.2) is 9.18 Å². The maximum absolute atomic E-state index is 13.5. The molecule has 1 aromatic carbocycles. The fourth-order valence-corrected chi connectivity index (χ4v) is 3.35. The lowest BCUT2D eigenvalue weighted by atomic mass is 10.0. The quantitative estimate of drug-likeness (QED) is 0.912. The van der Waals surface area contributed by atoms with Gasteiger partial charge in [0.15, 0.2) is 0 Å². The molecule has 22 heavy (non-hydrogen) atoms. The van der Waals surface area contributed by atoms with E-state index in [1.807, 2.05) is 10.8 Å². The number of halogens is 1. The molecule has 2 heterocycles. The molecule has 2 aromatic rings. The number of hydrogen-bond acceptors (Lipinski definition) is 2. The number of carboxylic acid groups (broad SMARTS) is 1. The molecule has 0 saturated carbocycles. The van der Waals surface area contributed by atoms with Gasteiger partial charge in [-0.05, 0) is 43.0 Å². The van der Waals surface area contributed by atoms with Gasteiger partial charge in [0.25, 0.3) is 0 Å². The lowest BCUT2D eigenvalue weighted by Gasteiger charge is -2.21. The lowest BCUT2D eigenvalue weighted by Crippen LogP contribution is -2.35. The summed E-state index contributed by atoms with van der Waals surface area (Å²) in [5.41, 5.74) is 1.74. The molecule has 1 aliphatic rings. The average molecular weight is 306 g/mol. The SMILES string of the molecule is O=C(O)N1CCCC1Cc1cn(CCO)c2cc(F)ccc12. The molecule has 0 spiro atoms. The van der Waals surface area contributed by atoms with Gasteiger partial charge in [0.1, 0.15) is 5.82 Å². The van der Waals surface area contributed by atoms with Crippen LogP contribution in [0.1, 0.15) is 18.4 Å². The molecular formula is C16H19FN2O3. The van der Waals surface area contributed by atoms with Crippen molar-refractivity contribution in [2.24, 2.45) is 0 Å². The minimum atomic E-state index is -0.882. The Hall–Kier alpha value is -2.08. The summed E-state index contributed by atoms with van der Waals surface area (Å²) < 4.78 is 15.3. The first kappa shape index (κ1) is 14.8. The van der Waals surface area contributed by atoms with Crippen LogP contribution in [0.3, 0.4) is 0 Å². The molecule has 5 nitrogen and oxygen atoms in total. The Balaban J connectivity index is 1.95. The summed E-state index contributed by atoms with van der Waals surface area (Å²) in [4.78, 5) is 12.7. The van der Waals surface area contributed by atoms with Gasteiger partial charge < -0.3 is 19.7 Å². The molecule has 1 unspecified atom stereocenters. The fourth-order valence-electron chi connectivity index (χ4n) is 3.35. The summed E-state index contributed by atoms with van der Waals surface area (Å²) >= 11 is 0. The van der Waals surface area contributed by atoms with E-state index in [0.717, 1.165) is 29.3 Å². The first-order chi connectivity index (χ1) is 10.6. The second-order valence-corrected chi connectivity index (χ2v) is 5.71. The summed E-state index contributed by atoms with van der Waals surface area (Å²) in [6, 6.07) is 4.57. The number of fused-ring (bicyclic) bond motifs is 1. The molecule has 1 fully saturated rings. The molecule has 1 saturated heterocycles. The first-order valence-corrected chi connectivity index (χ1v) is 7.48. The van der Waals surface area contributed by atoms with E-state index in [2.05, 4.69) is 0 Å². The molecule has 0 bridgehead atoms. The topological polar surface area (TPSA) is 65.7 Å². The van der Waals surface area contributed by atoms with Crippen molar-refractivity contribution in [2.45, 2.75) is 31.8 Å². The number of nitrogens with zero attached hydrogens (tertiary/aromatic N) is 2. The third-order valence-corrected chi connectivity index (χ3v) is 4.35. The Morgan fingerprint density at radius 3 is 2.95 bits per heavy atom. The van der Waals surface area contributed by atoms with Gasteiger partial charge in [0.05, 0.1) is 12.1 Å². The summed E-state index contributed by atoms with van der Waals surface area (Å²) in [5.74, 6) is -0.315. The third kappa shape index (κ3) is 2.66. The van der Waals surface area contributed by atoms with Gasteiger partial charge >= 0.3 is 6.09 Å². The molecule has 3 rings (SSSR count). The van der Waals surface area contributed by atoms with Gasteiger partial charge in [-0.15, -0.1) is 0 Å². The van der Waals surface area contributed by atoms with Crippen LogP contribution in [0.25, 0.3) is 10.9 Å². The number of hydrogen-bond donors (Lipinski definition) is 2. The fraction of sp³-hybridized carbons (Fsp3) is 0.438. The standard InChI is InChI=1S/C16H19FN2O3/c17-12-3-4-14-11(10-18(6-7-20)15(14)9-12)8-13-2-1-5-19(13)16(21)22/h3-4,9-10,13,20H,1-2,5-8H2,(H,21,22). The van der Waals surface area contributed by atoms with E-state index in [9.17, 15) is 14.3 Å². The minimum absolute atomic E-state index is 0.0234. The summed E-state index contributed by atoms with van der Waals surface area (Å²) in [6.45, 7) is 0.946. The van der Waals surface area contributed by atoms with Crippen LogP contribution < -0.4 is 0 Å². The monoisotopic (exact) mass is 306 g/mol. The van der Waals surface area contributed by atoms with Crippen molar-refractivity contribution in [3.63, 3.8) is 0 Å². The largest absolute Gasteiger partial charge is 0.465 e. The van der Waals surface area contributed by atoms with E-state index in [0.29, 0.717) is 19.5 Å². The number of aromatic nitrogens is 1. The zero-order valence-electron chi connectivity index (χ0n) is 12.2. The second kappa shape index (κ2) is 5.96. The van der Waals surface area contributed by atoms with E-state index in [-0.39, 0.29) is 18.5 Å².